The maximum Gasteiger partial charge on any atom is 0.416 e. The van der Waals surface area contributed by atoms with Gasteiger partial charge in [-0.3, -0.25) is 0 Å². The van der Waals surface area contributed by atoms with E-state index < -0.39 is 18.0 Å². The molecule has 1 heterocycles. The highest BCUT2D eigenvalue weighted by Crippen LogP contribution is 2.31. The summed E-state index contributed by atoms with van der Waals surface area (Å²) < 4.78 is 48.1. The molecule has 1 atom stereocenters. The van der Waals surface area contributed by atoms with Crippen LogP contribution in [0.4, 0.5) is 13.2 Å². The number of alkyl halides is 3. The predicted octanol–water partition coefficient (Wildman–Crippen LogP) is 3.61. The van der Waals surface area contributed by atoms with Gasteiger partial charge in [-0.15, -0.1) is 0 Å². The van der Waals surface area contributed by atoms with Crippen molar-refractivity contribution in [3.05, 3.63) is 29.8 Å². The molecule has 0 bridgehead atoms. The number of rotatable bonds is 2. The molecule has 2 rings (SSSR count). The SMILES string of the molecule is FC(F)(F)c1cccc(OC2CCCCO2)c1. The third kappa shape index (κ3) is 3.36. The first-order chi connectivity index (χ1) is 8.05. The van der Waals surface area contributed by atoms with Gasteiger partial charge < -0.3 is 9.47 Å². The van der Waals surface area contributed by atoms with E-state index in [0.717, 1.165) is 31.4 Å². The Hall–Kier alpha value is -1.23. The summed E-state index contributed by atoms with van der Waals surface area (Å²) >= 11 is 0. The van der Waals surface area contributed by atoms with Crippen LogP contribution in [-0.2, 0) is 10.9 Å². The Labute approximate surface area is 97.3 Å². The average Bonchev–Trinajstić information content (AvgIpc) is 2.29. The largest absolute Gasteiger partial charge is 0.465 e. The van der Waals surface area contributed by atoms with E-state index in [1.807, 2.05) is 0 Å². The second-order valence-corrected chi connectivity index (χ2v) is 3.94. The molecule has 0 radical (unpaired) electrons. The lowest BCUT2D eigenvalue weighted by Crippen LogP contribution is -2.25. The van der Waals surface area contributed by atoms with Crippen LogP contribution in [0.5, 0.6) is 5.75 Å². The van der Waals surface area contributed by atoms with E-state index in [4.69, 9.17) is 9.47 Å². The maximum atomic E-state index is 12.5. The van der Waals surface area contributed by atoms with Gasteiger partial charge in [0.15, 0.2) is 6.29 Å². The Morgan fingerprint density at radius 2 is 2.06 bits per heavy atom. The molecular weight excluding hydrogens is 233 g/mol. The summed E-state index contributed by atoms with van der Waals surface area (Å²) in [5.41, 5.74) is -0.703. The smallest absolute Gasteiger partial charge is 0.416 e. The van der Waals surface area contributed by atoms with Gasteiger partial charge in [-0.2, -0.15) is 13.2 Å². The molecule has 94 valence electrons. The van der Waals surface area contributed by atoms with Crippen molar-refractivity contribution < 1.29 is 22.6 Å². The minimum absolute atomic E-state index is 0.201. The topological polar surface area (TPSA) is 18.5 Å². The van der Waals surface area contributed by atoms with Crippen LogP contribution in [0, 0.1) is 0 Å². The lowest BCUT2D eigenvalue weighted by atomic mass is 10.2. The standard InChI is InChI=1S/C12H13F3O2/c13-12(14,15)9-4-3-5-10(8-9)17-11-6-1-2-7-16-11/h3-5,8,11H,1-2,6-7H2. The Kier molecular flexibility index (Phi) is 3.57. The van der Waals surface area contributed by atoms with Gasteiger partial charge in [-0.25, -0.2) is 0 Å². The molecule has 1 aromatic carbocycles. The molecule has 1 saturated heterocycles. The maximum absolute atomic E-state index is 12.5. The molecule has 1 fully saturated rings. The highest BCUT2D eigenvalue weighted by Gasteiger charge is 2.30. The minimum Gasteiger partial charge on any atom is -0.465 e. The molecule has 17 heavy (non-hydrogen) atoms. The van der Waals surface area contributed by atoms with Gasteiger partial charge in [0.05, 0.1) is 12.2 Å². The van der Waals surface area contributed by atoms with Crippen molar-refractivity contribution in [1.82, 2.24) is 0 Å². The van der Waals surface area contributed by atoms with Crippen LogP contribution in [-0.4, -0.2) is 12.9 Å². The van der Waals surface area contributed by atoms with Crippen molar-refractivity contribution >= 4 is 0 Å². The molecule has 0 aliphatic carbocycles. The molecule has 1 aromatic rings. The van der Waals surface area contributed by atoms with Crippen LogP contribution >= 0.6 is 0 Å². The van der Waals surface area contributed by atoms with Crippen LogP contribution < -0.4 is 4.74 Å². The Morgan fingerprint density at radius 1 is 1.24 bits per heavy atom. The first-order valence-electron chi connectivity index (χ1n) is 5.51. The van der Waals surface area contributed by atoms with Crippen molar-refractivity contribution in [1.29, 1.82) is 0 Å². The molecule has 1 aliphatic heterocycles. The van der Waals surface area contributed by atoms with E-state index in [9.17, 15) is 13.2 Å². The van der Waals surface area contributed by atoms with Gasteiger partial charge in [0, 0.05) is 6.42 Å². The average molecular weight is 246 g/mol. The van der Waals surface area contributed by atoms with Crippen molar-refractivity contribution in [3.63, 3.8) is 0 Å². The van der Waals surface area contributed by atoms with Gasteiger partial charge in [0.2, 0.25) is 0 Å². The Balaban J connectivity index is 2.05. The van der Waals surface area contributed by atoms with E-state index in [1.165, 1.54) is 12.1 Å². The van der Waals surface area contributed by atoms with Crippen LogP contribution in [0.15, 0.2) is 24.3 Å². The molecule has 0 amide bonds. The second-order valence-electron chi connectivity index (χ2n) is 3.94. The molecule has 0 spiro atoms. The summed E-state index contributed by atoms with van der Waals surface area (Å²) in [6.07, 6.45) is -2.10. The van der Waals surface area contributed by atoms with Crippen molar-refractivity contribution in [3.8, 4) is 5.75 Å². The lowest BCUT2D eigenvalue weighted by molar-refractivity contribution is -0.138. The summed E-state index contributed by atoms with van der Waals surface area (Å²) in [5.74, 6) is 0.201. The fourth-order valence-electron chi connectivity index (χ4n) is 1.70. The number of hydrogen-bond acceptors (Lipinski definition) is 2. The molecule has 1 unspecified atom stereocenters. The van der Waals surface area contributed by atoms with Crippen molar-refractivity contribution in [2.45, 2.75) is 31.7 Å². The number of ether oxygens (including phenoxy) is 2. The molecule has 2 nitrogen and oxygen atoms in total. The van der Waals surface area contributed by atoms with Crippen molar-refractivity contribution in [2.75, 3.05) is 6.61 Å². The van der Waals surface area contributed by atoms with Gasteiger partial charge in [0.25, 0.3) is 0 Å². The number of benzene rings is 1. The second kappa shape index (κ2) is 4.96. The summed E-state index contributed by atoms with van der Waals surface area (Å²) in [6, 6.07) is 4.86. The van der Waals surface area contributed by atoms with E-state index in [-0.39, 0.29) is 5.75 Å². The summed E-state index contributed by atoms with van der Waals surface area (Å²) in [5, 5.41) is 0. The lowest BCUT2D eigenvalue weighted by Gasteiger charge is -2.23. The Bertz CT molecular complexity index is 370. The van der Waals surface area contributed by atoms with E-state index in [0.29, 0.717) is 6.61 Å². The van der Waals surface area contributed by atoms with Gasteiger partial charge in [0.1, 0.15) is 5.75 Å². The van der Waals surface area contributed by atoms with E-state index >= 15 is 0 Å². The fraction of sp³-hybridized carbons (Fsp3) is 0.500. The van der Waals surface area contributed by atoms with Crippen LogP contribution in [0.25, 0.3) is 0 Å². The van der Waals surface area contributed by atoms with Crippen LogP contribution in [0.1, 0.15) is 24.8 Å². The first kappa shape index (κ1) is 12.2. The third-order valence-electron chi connectivity index (χ3n) is 2.57. The van der Waals surface area contributed by atoms with Crippen molar-refractivity contribution in [2.24, 2.45) is 0 Å². The van der Waals surface area contributed by atoms with Crippen LogP contribution in [0.3, 0.4) is 0 Å². The number of halogens is 3. The predicted molar refractivity (Wildman–Crippen MR) is 55.7 cm³/mol. The van der Waals surface area contributed by atoms with Gasteiger partial charge in [-0.1, -0.05) is 6.07 Å². The van der Waals surface area contributed by atoms with E-state index in [1.54, 1.807) is 0 Å². The third-order valence-corrected chi connectivity index (χ3v) is 2.57. The highest BCUT2D eigenvalue weighted by atomic mass is 19.4. The molecular formula is C12H13F3O2. The number of hydrogen-bond donors (Lipinski definition) is 0. The molecule has 0 saturated carbocycles. The molecule has 0 N–H and O–H groups in total. The molecule has 5 heteroatoms. The first-order valence-corrected chi connectivity index (χ1v) is 5.51. The minimum atomic E-state index is -4.34. The molecule has 0 aromatic heterocycles. The fourth-order valence-corrected chi connectivity index (χ4v) is 1.70. The molecule has 1 aliphatic rings. The summed E-state index contributed by atoms with van der Waals surface area (Å²) in [4.78, 5) is 0. The highest BCUT2D eigenvalue weighted by molar-refractivity contribution is 5.30. The summed E-state index contributed by atoms with van der Waals surface area (Å²) in [7, 11) is 0. The quantitative estimate of drug-likeness (QED) is 0.793. The zero-order valence-corrected chi connectivity index (χ0v) is 9.17. The van der Waals surface area contributed by atoms with E-state index in [2.05, 4.69) is 0 Å². The van der Waals surface area contributed by atoms with Gasteiger partial charge in [-0.05, 0) is 31.0 Å². The van der Waals surface area contributed by atoms with Gasteiger partial charge >= 0.3 is 6.18 Å². The monoisotopic (exact) mass is 246 g/mol. The summed E-state index contributed by atoms with van der Waals surface area (Å²) in [6.45, 7) is 0.601. The Morgan fingerprint density at radius 3 is 2.71 bits per heavy atom. The van der Waals surface area contributed by atoms with Crippen LogP contribution in [0.2, 0.25) is 0 Å². The normalized spacial score (nSPS) is 21.2. The zero-order chi connectivity index (χ0) is 12.3. The zero-order valence-electron chi connectivity index (χ0n) is 9.17.